The molecule has 1 atom stereocenters. The zero-order valence-corrected chi connectivity index (χ0v) is 10.1. The van der Waals surface area contributed by atoms with E-state index in [1.54, 1.807) is 0 Å². The predicted octanol–water partition coefficient (Wildman–Crippen LogP) is 0.479. The maximum atomic E-state index is 5.39. The van der Waals surface area contributed by atoms with Crippen molar-refractivity contribution in [2.45, 2.75) is 38.3 Å². The molecule has 1 aromatic heterocycles. The number of rotatable bonds is 3. The third kappa shape index (κ3) is 1.94. The molecular weight excluding hydrogens is 206 g/mol. The van der Waals surface area contributed by atoms with Crippen LogP contribution in [-0.4, -0.2) is 40.5 Å². The first-order valence-electron chi connectivity index (χ1n) is 5.71. The second kappa shape index (κ2) is 4.47. The van der Waals surface area contributed by atoms with Gasteiger partial charge in [0.05, 0.1) is 11.6 Å². The van der Waals surface area contributed by atoms with Crippen LogP contribution in [0.2, 0.25) is 0 Å². The molecule has 1 saturated heterocycles. The van der Waals surface area contributed by atoms with E-state index < -0.39 is 0 Å². The van der Waals surface area contributed by atoms with Gasteiger partial charge in [0.2, 0.25) is 0 Å². The smallest absolute Gasteiger partial charge is 0.168 e. The number of nitrogens with zero attached hydrogens (tertiary/aromatic N) is 4. The van der Waals surface area contributed by atoms with Gasteiger partial charge in [-0.1, -0.05) is 0 Å². The molecule has 0 aliphatic carbocycles. The van der Waals surface area contributed by atoms with Gasteiger partial charge < -0.3 is 10.1 Å². The summed E-state index contributed by atoms with van der Waals surface area (Å²) in [5, 5.41) is 15.2. The fourth-order valence-electron chi connectivity index (χ4n) is 2.00. The molecule has 90 valence electrons. The van der Waals surface area contributed by atoms with E-state index in [0.717, 1.165) is 31.9 Å². The predicted molar refractivity (Wildman–Crippen MR) is 59.0 cm³/mol. The molecule has 1 unspecified atom stereocenters. The molecule has 0 bridgehead atoms. The Labute approximate surface area is 95.4 Å². The number of tetrazole rings is 1. The minimum Gasteiger partial charge on any atom is -0.381 e. The molecule has 0 aromatic carbocycles. The maximum Gasteiger partial charge on any atom is 0.168 e. The summed E-state index contributed by atoms with van der Waals surface area (Å²) in [4.78, 5) is 0. The number of nitrogens with one attached hydrogen (secondary N) is 1. The van der Waals surface area contributed by atoms with E-state index in [0.29, 0.717) is 0 Å². The molecule has 0 radical (unpaired) electrons. The molecule has 2 heterocycles. The van der Waals surface area contributed by atoms with Crippen LogP contribution in [-0.2, 0) is 10.3 Å². The highest BCUT2D eigenvalue weighted by Crippen LogP contribution is 2.29. The van der Waals surface area contributed by atoms with Gasteiger partial charge in [-0.2, -0.15) is 0 Å². The van der Waals surface area contributed by atoms with Crippen LogP contribution in [0.5, 0.6) is 0 Å². The minimum absolute atomic E-state index is 0.0117. The van der Waals surface area contributed by atoms with Gasteiger partial charge in [0.15, 0.2) is 5.82 Å². The molecule has 6 heteroatoms. The van der Waals surface area contributed by atoms with Crippen LogP contribution in [0.1, 0.15) is 38.6 Å². The minimum atomic E-state index is -0.0117. The lowest BCUT2D eigenvalue weighted by molar-refractivity contribution is 0.0213. The van der Waals surface area contributed by atoms with E-state index >= 15 is 0 Å². The Hall–Kier alpha value is -1.01. The van der Waals surface area contributed by atoms with E-state index in [-0.39, 0.29) is 11.6 Å². The van der Waals surface area contributed by atoms with Crippen LogP contribution < -0.4 is 5.32 Å². The van der Waals surface area contributed by atoms with Crippen molar-refractivity contribution in [3.05, 3.63) is 5.82 Å². The van der Waals surface area contributed by atoms with Crippen LogP contribution in [0.4, 0.5) is 0 Å². The molecule has 1 fully saturated rings. The topological polar surface area (TPSA) is 64.9 Å². The Morgan fingerprint density at radius 3 is 2.75 bits per heavy atom. The normalized spacial score (nSPS) is 21.9. The van der Waals surface area contributed by atoms with Crippen molar-refractivity contribution >= 4 is 0 Å². The Kier molecular flexibility index (Phi) is 3.20. The van der Waals surface area contributed by atoms with Crippen LogP contribution in [0.3, 0.4) is 0 Å². The molecule has 1 aliphatic heterocycles. The van der Waals surface area contributed by atoms with Crippen molar-refractivity contribution in [1.29, 1.82) is 0 Å². The van der Waals surface area contributed by atoms with Gasteiger partial charge in [-0.25, -0.2) is 4.68 Å². The van der Waals surface area contributed by atoms with Gasteiger partial charge in [-0.3, -0.25) is 0 Å². The quantitative estimate of drug-likeness (QED) is 0.810. The Bertz CT molecular complexity index is 345. The van der Waals surface area contributed by atoms with E-state index in [9.17, 15) is 0 Å². The molecule has 0 saturated carbocycles. The van der Waals surface area contributed by atoms with E-state index in [1.165, 1.54) is 0 Å². The maximum absolute atomic E-state index is 5.39. The average Bonchev–Trinajstić information content (AvgIpc) is 2.78. The molecular formula is C10H19N5O. The lowest BCUT2D eigenvalue weighted by atomic mass is 9.92. The molecule has 0 spiro atoms. The van der Waals surface area contributed by atoms with E-state index in [1.807, 2.05) is 11.7 Å². The lowest BCUT2D eigenvalue weighted by Crippen LogP contribution is -2.39. The number of hydrogen-bond donors (Lipinski definition) is 1. The number of aromatic nitrogens is 4. The summed E-state index contributed by atoms with van der Waals surface area (Å²) in [6.45, 7) is 5.82. The third-order valence-electron chi connectivity index (χ3n) is 3.40. The second-order valence-corrected chi connectivity index (χ2v) is 4.57. The summed E-state index contributed by atoms with van der Waals surface area (Å²) in [6, 6.07) is 0.162. The van der Waals surface area contributed by atoms with Gasteiger partial charge in [-0.15, -0.1) is 5.10 Å². The molecule has 1 aliphatic rings. The van der Waals surface area contributed by atoms with Crippen molar-refractivity contribution in [3.8, 4) is 0 Å². The van der Waals surface area contributed by atoms with Crippen molar-refractivity contribution in [1.82, 2.24) is 25.5 Å². The van der Waals surface area contributed by atoms with E-state index in [4.69, 9.17) is 4.74 Å². The summed E-state index contributed by atoms with van der Waals surface area (Å²) in [5.74, 6) is 0.895. The zero-order chi connectivity index (χ0) is 11.6. The summed E-state index contributed by atoms with van der Waals surface area (Å²) in [6.07, 6.45) is 1.92. The summed E-state index contributed by atoms with van der Waals surface area (Å²) >= 11 is 0. The summed E-state index contributed by atoms with van der Waals surface area (Å²) in [7, 11) is 1.91. The standard InChI is InChI=1S/C10H19N5O/c1-8(11-3)9-12-13-14-15(9)10(2)4-6-16-7-5-10/h8,11H,4-7H2,1-3H3. The first kappa shape index (κ1) is 11.5. The molecule has 16 heavy (non-hydrogen) atoms. The molecule has 0 amide bonds. The SMILES string of the molecule is CNC(C)c1nnnn1C1(C)CCOCC1. The Morgan fingerprint density at radius 2 is 2.12 bits per heavy atom. The fourth-order valence-corrected chi connectivity index (χ4v) is 2.00. The van der Waals surface area contributed by atoms with Gasteiger partial charge in [0.1, 0.15) is 0 Å². The van der Waals surface area contributed by atoms with Crippen LogP contribution in [0.15, 0.2) is 0 Å². The van der Waals surface area contributed by atoms with Crippen molar-refractivity contribution in [3.63, 3.8) is 0 Å². The highest BCUT2D eigenvalue weighted by molar-refractivity contribution is 4.96. The molecule has 6 nitrogen and oxygen atoms in total. The van der Waals surface area contributed by atoms with Gasteiger partial charge in [-0.05, 0) is 44.2 Å². The fraction of sp³-hybridized carbons (Fsp3) is 0.900. The van der Waals surface area contributed by atoms with Gasteiger partial charge in [0.25, 0.3) is 0 Å². The first-order valence-corrected chi connectivity index (χ1v) is 5.71. The van der Waals surface area contributed by atoms with Crippen LogP contribution >= 0.6 is 0 Å². The first-order chi connectivity index (χ1) is 7.67. The van der Waals surface area contributed by atoms with Crippen molar-refractivity contribution < 1.29 is 4.74 Å². The van der Waals surface area contributed by atoms with Crippen LogP contribution in [0, 0.1) is 0 Å². The van der Waals surface area contributed by atoms with Gasteiger partial charge >= 0.3 is 0 Å². The molecule has 1 aromatic rings. The Balaban J connectivity index is 2.28. The van der Waals surface area contributed by atoms with Crippen molar-refractivity contribution in [2.24, 2.45) is 0 Å². The monoisotopic (exact) mass is 225 g/mol. The molecule has 1 N–H and O–H groups in total. The largest absolute Gasteiger partial charge is 0.381 e. The zero-order valence-electron chi connectivity index (χ0n) is 10.1. The second-order valence-electron chi connectivity index (χ2n) is 4.57. The third-order valence-corrected chi connectivity index (χ3v) is 3.40. The van der Waals surface area contributed by atoms with E-state index in [2.05, 4.69) is 34.7 Å². The lowest BCUT2D eigenvalue weighted by Gasteiger charge is -2.34. The Morgan fingerprint density at radius 1 is 1.44 bits per heavy atom. The highest BCUT2D eigenvalue weighted by atomic mass is 16.5. The number of hydrogen-bond acceptors (Lipinski definition) is 5. The van der Waals surface area contributed by atoms with Gasteiger partial charge in [0, 0.05) is 13.2 Å². The molecule has 2 rings (SSSR count). The number of ether oxygens (including phenoxy) is 1. The summed E-state index contributed by atoms with van der Waals surface area (Å²) < 4.78 is 7.35. The average molecular weight is 225 g/mol. The summed E-state index contributed by atoms with van der Waals surface area (Å²) in [5.41, 5.74) is -0.0117. The van der Waals surface area contributed by atoms with Crippen molar-refractivity contribution in [2.75, 3.05) is 20.3 Å². The highest BCUT2D eigenvalue weighted by Gasteiger charge is 2.33. The van der Waals surface area contributed by atoms with Crippen LogP contribution in [0.25, 0.3) is 0 Å².